The van der Waals surface area contributed by atoms with Crippen LogP contribution in [-0.2, 0) is 12.8 Å². The summed E-state index contributed by atoms with van der Waals surface area (Å²) in [6.07, 6.45) is 5.09. The van der Waals surface area contributed by atoms with E-state index in [9.17, 15) is 10.2 Å². The van der Waals surface area contributed by atoms with E-state index in [-0.39, 0.29) is 23.5 Å². The van der Waals surface area contributed by atoms with Crippen molar-refractivity contribution in [1.82, 2.24) is 0 Å². The molecule has 0 fully saturated rings. The molecule has 31 heavy (non-hydrogen) atoms. The number of phenolic OH excluding ortho intramolecular Hbond substituents is 2. The molecule has 0 unspecified atom stereocenters. The molecule has 0 saturated heterocycles. The number of rotatable bonds is 5. The van der Waals surface area contributed by atoms with E-state index in [0.29, 0.717) is 36.7 Å². The van der Waals surface area contributed by atoms with Crippen LogP contribution >= 0.6 is 0 Å². The van der Waals surface area contributed by atoms with Gasteiger partial charge in [-0.15, -0.1) is 0 Å². The number of allylic oxidation sites excluding steroid dienone is 4. The van der Waals surface area contributed by atoms with Crippen LogP contribution in [0.1, 0.15) is 62.0 Å². The molecule has 0 aliphatic carbocycles. The Hall–Kier alpha value is -3.08. The van der Waals surface area contributed by atoms with Crippen LogP contribution in [0, 0.1) is 0 Å². The Labute approximate surface area is 183 Å². The number of hydrogen-bond donors (Lipinski definition) is 2. The molecule has 0 saturated carbocycles. The van der Waals surface area contributed by atoms with Crippen molar-refractivity contribution in [2.24, 2.45) is 0 Å². The molecule has 2 N–H and O–H groups in total. The summed E-state index contributed by atoms with van der Waals surface area (Å²) in [5, 5.41) is 21.1. The predicted molar refractivity (Wildman–Crippen MR) is 121 cm³/mol. The fraction of sp³-hybridized carbons (Fsp3) is 0.385. The van der Waals surface area contributed by atoms with Gasteiger partial charge in [0.1, 0.15) is 34.9 Å². The van der Waals surface area contributed by atoms with Crippen molar-refractivity contribution in [3.05, 3.63) is 63.8 Å². The summed E-state index contributed by atoms with van der Waals surface area (Å²) < 4.78 is 18.2. The fourth-order valence-corrected chi connectivity index (χ4v) is 4.31. The maximum Gasteiger partial charge on any atom is 0.141 e. The topological polar surface area (TPSA) is 68.2 Å². The molecular weight excluding hydrogens is 392 g/mol. The Morgan fingerprint density at radius 2 is 1.68 bits per heavy atom. The molecule has 0 aromatic heterocycles. The molecule has 0 amide bonds. The molecule has 2 aliphatic rings. The largest absolute Gasteiger partial charge is 0.508 e. The van der Waals surface area contributed by atoms with E-state index in [4.69, 9.17) is 14.2 Å². The number of hydrogen-bond acceptors (Lipinski definition) is 5. The van der Waals surface area contributed by atoms with Gasteiger partial charge < -0.3 is 24.4 Å². The zero-order valence-electron chi connectivity index (χ0n) is 18.8. The van der Waals surface area contributed by atoms with Crippen molar-refractivity contribution >= 4 is 0 Å². The molecular formula is C26H30O5. The highest BCUT2D eigenvalue weighted by Crippen LogP contribution is 2.56. The lowest BCUT2D eigenvalue weighted by molar-refractivity contribution is 0.135. The molecule has 5 nitrogen and oxygen atoms in total. The molecule has 0 radical (unpaired) electrons. The van der Waals surface area contributed by atoms with Crippen LogP contribution in [0.2, 0.25) is 0 Å². The van der Waals surface area contributed by atoms with Gasteiger partial charge >= 0.3 is 0 Å². The molecule has 4 rings (SSSR count). The summed E-state index contributed by atoms with van der Waals surface area (Å²) in [6.45, 7) is 8.58. The number of fused-ring (bicyclic) bond motifs is 5. The van der Waals surface area contributed by atoms with Crippen molar-refractivity contribution in [1.29, 1.82) is 0 Å². The fourth-order valence-electron chi connectivity index (χ4n) is 4.31. The van der Waals surface area contributed by atoms with Crippen LogP contribution in [-0.4, -0.2) is 23.9 Å². The third-order valence-corrected chi connectivity index (χ3v) is 5.94. The lowest BCUT2D eigenvalue weighted by atomic mass is 9.86. The summed E-state index contributed by atoms with van der Waals surface area (Å²) in [4.78, 5) is 0. The highest BCUT2D eigenvalue weighted by atomic mass is 16.5. The maximum absolute atomic E-state index is 10.6. The summed E-state index contributed by atoms with van der Waals surface area (Å²) in [7, 11) is 1.61. The van der Waals surface area contributed by atoms with Gasteiger partial charge in [-0.25, -0.2) is 0 Å². The van der Waals surface area contributed by atoms with E-state index in [1.54, 1.807) is 19.2 Å². The van der Waals surface area contributed by atoms with Crippen LogP contribution in [0.3, 0.4) is 0 Å². The van der Waals surface area contributed by atoms with Gasteiger partial charge in [0, 0.05) is 23.3 Å². The minimum Gasteiger partial charge on any atom is -0.508 e. The van der Waals surface area contributed by atoms with Crippen LogP contribution in [0.4, 0.5) is 0 Å². The SMILES string of the molecule is COc1c(CC=C(C)C)c(O)cc2c1[C@H]1Oc3cc(O)c(CC=C(C)C)cc3[C@H]1CO2. The van der Waals surface area contributed by atoms with Crippen LogP contribution in [0.15, 0.2) is 41.5 Å². The number of aromatic hydroxyl groups is 2. The summed E-state index contributed by atoms with van der Waals surface area (Å²) >= 11 is 0. The molecule has 2 atom stereocenters. The smallest absolute Gasteiger partial charge is 0.141 e. The average Bonchev–Trinajstić information content (AvgIpc) is 3.06. The molecule has 164 valence electrons. The third kappa shape index (κ3) is 3.85. The van der Waals surface area contributed by atoms with E-state index in [2.05, 4.69) is 12.2 Å². The average molecular weight is 423 g/mol. The molecule has 2 aliphatic heterocycles. The molecule has 2 aromatic rings. The number of ether oxygens (including phenoxy) is 3. The van der Waals surface area contributed by atoms with Gasteiger partial charge in [-0.05, 0) is 52.2 Å². The highest BCUT2D eigenvalue weighted by Gasteiger charge is 2.44. The second kappa shape index (κ2) is 8.22. The van der Waals surface area contributed by atoms with Crippen LogP contribution in [0.25, 0.3) is 0 Å². The first-order valence-corrected chi connectivity index (χ1v) is 10.6. The lowest BCUT2D eigenvalue weighted by Gasteiger charge is -2.30. The van der Waals surface area contributed by atoms with Gasteiger partial charge in [-0.3, -0.25) is 0 Å². The highest BCUT2D eigenvalue weighted by molar-refractivity contribution is 5.62. The predicted octanol–water partition coefficient (Wildman–Crippen LogP) is 5.73. The Morgan fingerprint density at radius 3 is 2.35 bits per heavy atom. The first-order chi connectivity index (χ1) is 14.8. The molecule has 2 heterocycles. The van der Waals surface area contributed by atoms with Gasteiger partial charge in [-0.2, -0.15) is 0 Å². The van der Waals surface area contributed by atoms with Gasteiger partial charge in [0.25, 0.3) is 0 Å². The monoisotopic (exact) mass is 422 g/mol. The lowest BCUT2D eigenvalue weighted by Crippen LogP contribution is -2.24. The first-order valence-electron chi connectivity index (χ1n) is 10.6. The minimum atomic E-state index is -0.294. The van der Waals surface area contributed by atoms with Gasteiger partial charge in [0.15, 0.2) is 0 Å². The number of benzene rings is 2. The van der Waals surface area contributed by atoms with Crippen LogP contribution in [0.5, 0.6) is 28.7 Å². The quantitative estimate of drug-likeness (QED) is 0.602. The van der Waals surface area contributed by atoms with E-state index >= 15 is 0 Å². The second-order valence-corrected chi connectivity index (χ2v) is 8.77. The van der Waals surface area contributed by atoms with E-state index < -0.39 is 0 Å². The second-order valence-electron chi connectivity index (χ2n) is 8.77. The van der Waals surface area contributed by atoms with E-state index in [1.807, 2.05) is 33.8 Å². The normalized spacial score (nSPS) is 18.1. The van der Waals surface area contributed by atoms with Gasteiger partial charge in [0.2, 0.25) is 0 Å². The van der Waals surface area contributed by atoms with Crippen molar-refractivity contribution in [3.63, 3.8) is 0 Å². The summed E-state index contributed by atoms with van der Waals surface area (Å²) in [5.41, 5.74) is 5.81. The van der Waals surface area contributed by atoms with Gasteiger partial charge in [0.05, 0.1) is 25.2 Å². The Bertz CT molecular complexity index is 1070. The van der Waals surface area contributed by atoms with E-state index in [0.717, 1.165) is 27.8 Å². The third-order valence-electron chi connectivity index (χ3n) is 5.94. The zero-order chi connectivity index (χ0) is 22.3. The minimum absolute atomic E-state index is 0.0108. The maximum atomic E-state index is 10.6. The van der Waals surface area contributed by atoms with Crippen molar-refractivity contribution in [3.8, 4) is 28.7 Å². The summed E-state index contributed by atoms with van der Waals surface area (Å²) in [5.74, 6) is 2.23. The van der Waals surface area contributed by atoms with Crippen molar-refractivity contribution in [2.45, 2.75) is 52.6 Å². The van der Waals surface area contributed by atoms with Gasteiger partial charge in [-0.1, -0.05) is 23.3 Å². The van der Waals surface area contributed by atoms with Crippen molar-refractivity contribution in [2.75, 3.05) is 13.7 Å². The molecule has 0 bridgehead atoms. The van der Waals surface area contributed by atoms with Crippen molar-refractivity contribution < 1.29 is 24.4 Å². The Balaban J connectivity index is 1.77. The number of methoxy groups -OCH3 is 1. The molecule has 5 heteroatoms. The first kappa shape index (κ1) is 21.2. The molecule has 0 spiro atoms. The Morgan fingerprint density at radius 1 is 1.00 bits per heavy atom. The van der Waals surface area contributed by atoms with E-state index in [1.165, 1.54) is 5.57 Å². The zero-order valence-corrected chi connectivity index (χ0v) is 18.8. The number of phenols is 2. The Kier molecular flexibility index (Phi) is 5.61. The molecule has 2 aromatic carbocycles. The van der Waals surface area contributed by atoms with Crippen LogP contribution < -0.4 is 14.2 Å². The standard InChI is InChI=1S/C26H30O5/c1-14(2)6-8-16-10-18-19-13-30-23-12-21(28)17(9-7-15(3)4)25(29-5)24(23)26(19)31-22(18)11-20(16)27/h6-7,10-12,19,26-28H,8-9,13H2,1-5H3/t19-,26+/m1/s1. The summed E-state index contributed by atoms with van der Waals surface area (Å²) in [6, 6.07) is 5.39.